The first-order chi connectivity index (χ1) is 14.5. The number of carbonyl (C=O) groups excluding carboxylic acids is 2. The van der Waals surface area contributed by atoms with Crippen molar-refractivity contribution in [2.45, 2.75) is 51.7 Å². The number of fused-ring (bicyclic) bond motifs is 1. The lowest BCUT2D eigenvalue weighted by atomic mass is 10.0. The van der Waals surface area contributed by atoms with Crippen molar-refractivity contribution in [3.8, 4) is 17.3 Å². The summed E-state index contributed by atoms with van der Waals surface area (Å²) in [6.07, 6.45) is 0.689. The molecule has 1 unspecified atom stereocenters. The molecule has 3 rings (SSSR count). The molecule has 164 valence electrons. The lowest BCUT2D eigenvalue weighted by Gasteiger charge is -2.35. The van der Waals surface area contributed by atoms with Crippen LogP contribution in [0.15, 0.2) is 18.2 Å². The van der Waals surface area contributed by atoms with E-state index in [0.717, 1.165) is 0 Å². The molecular weight excluding hydrogens is 423 g/mol. The zero-order valence-corrected chi connectivity index (χ0v) is 18.3. The summed E-state index contributed by atoms with van der Waals surface area (Å²) in [6.45, 7) is 6.05. The van der Waals surface area contributed by atoms with Gasteiger partial charge in [0.05, 0.1) is 34.9 Å². The fourth-order valence-electron chi connectivity index (χ4n) is 3.60. The molecule has 1 atom stereocenters. The maximum atomic E-state index is 13.6. The molecule has 1 aromatic carbocycles. The summed E-state index contributed by atoms with van der Waals surface area (Å²) < 4.78 is 15.3. The van der Waals surface area contributed by atoms with Crippen molar-refractivity contribution in [1.29, 1.82) is 5.26 Å². The van der Waals surface area contributed by atoms with Crippen molar-refractivity contribution in [2.75, 3.05) is 6.54 Å². The van der Waals surface area contributed by atoms with Gasteiger partial charge in [0, 0.05) is 24.1 Å². The molecule has 0 saturated heterocycles. The average Bonchev–Trinajstić information content (AvgIpc) is 3.06. The lowest BCUT2D eigenvalue weighted by Crippen LogP contribution is -2.51. The summed E-state index contributed by atoms with van der Waals surface area (Å²) in [5.74, 6) is -1.30. The first kappa shape index (κ1) is 22.6. The van der Waals surface area contributed by atoms with E-state index in [1.54, 1.807) is 9.58 Å². The highest BCUT2D eigenvalue weighted by atomic mass is 35.5. The fraction of sp³-hybridized carbons (Fsp3) is 0.429. The van der Waals surface area contributed by atoms with Crippen LogP contribution in [0.25, 0.3) is 11.3 Å². The number of nitriles is 1. The van der Waals surface area contributed by atoms with E-state index < -0.39 is 17.3 Å². The predicted octanol–water partition coefficient (Wildman–Crippen LogP) is 3.61. The van der Waals surface area contributed by atoms with Crippen LogP contribution >= 0.6 is 11.6 Å². The smallest absolute Gasteiger partial charge is 0.318 e. The number of urea groups is 1. The predicted molar refractivity (Wildman–Crippen MR) is 114 cm³/mol. The third kappa shape index (κ3) is 4.80. The summed E-state index contributed by atoms with van der Waals surface area (Å²) in [5.41, 5.74) is 6.57. The van der Waals surface area contributed by atoms with Crippen LogP contribution < -0.4 is 11.1 Å². The summed E-state index contributed by atoms with van der Waals surface area (Å²) in [6, 6.07) is 5.54. The van der Waals surface area contributed by atoms with Crippen LogP contribution in [0.4, 0.5) is 9.18 Å². The van der Waals surface area contributed by atoms with E-state index in [0.29, 0.717) is 24.2 Å². The molecule has 2 aromatic rings. The second-order valence-electron chi connectivity index (χ2n) is 8.52. The van der Waals surface area contributed by atoms with Gasteiger partial charge in [-0.3, -0.25) is 9.48 Å². The number of rotatable bonds is 4. The topological polar surface area (TPSA) is 117 Å². The van der Waals surface area contributed by atoms with Crippen LogP contribution in [-0.4, -0.2) is 38.7 Å². The molecule has 2 heterocycles. The Hall–Kier alpha value is -3.12. The molecule has 0 spiro atoms. The van der Waals surface area contributed by atoms with Crippen LogP contribution in [0.2, 0.25) is 5.02 Å². The van der Waals surface area contributed by atoms with Crippen molar-refractivity contribution >= 4 is 23.5 Å². The lowest BCUT2D eigenvalue weighted by molar-refractivity contribution is 0.0995. The fourth-order valence-corrected chi connectivity index (χ4v) is 3.78. The van der Waals surface area contributed by atoms with Crippen molar-refractivity contribution in [3.05, 3.63) is 40.3 Å². The molecular formula is C21H24ClFN6O2. The van der Waals surface area contributed by atoms with Gasteiger partial charge in [0.1, 0.15) is 11.5 Å². The molecule has 3 amide bonds. The molecule has 0 aliphatic carbocycles. The molecule has 10 heteroatoms. The van der Waals surface area contributed by atoms with E-state index in [-0.39, 0.29) is 41.3 Å². The molecule has 3 N–H and O–H groups in total. The highest BCUT2D eigenvalue weighted by Crippen LogP contribution is 2.34. The van der Waals surface area contributed by atoms with E-state index in [9.17, 15) is 14.0 Å². The van der Waals surface area contributed by atoms with E-state index in [4.69, 9.17) is 22.6 Å². The molecule has 1 aromatic heterocycles. The van der Waals surface area contributed by atoms with Gasteiger partial charge in [-0.25, -0.2) is 9.18 Å². The summed E-state index contributed by atoms with van der Waals surface area (Å²) in [4.78, 5) is 26.8. The molecule has 1 aliphatic heterocycles. The molecule has 8 nitrogen and oxygen atoms in total. The SMILES string of the molecule is CC(C)(C)NC(=O)N1Cc2c(C(N)=O)c(-c3ccc(F)c(Cl)c3)nn2C(CCC#N)C1. The second-order valence-corrected chi connectivity index (χ2v) is 8.93. The number of benzene rings is 1. The molecule has 0 radical (unpaired) electrons. The van der Waals surface area contributed by atoms with Crippen molar-refractivity contribution in [2.24, 2.45) is 5.73 Å². The number of nitrogens with one attached hydrogen (secondary N) is 1. The van der Waals surface area contributed by atoms with Crippen LogP contribution in [0.1, 0.15) is 55.7 Å². The standard InChI is InChI=1S/C21H24ClFN6O2/c1-21(2,3)26-20(31)28-10-13(5-4-8-24)29-16(11-28)17(19(25)30)18(27-29)12-6-7-15(23)14(22)9-12/h6-7,9,13H,4-5,10-11H2,1-3H3,(H2,25,30)(H,26,31). The van der Waals surface area contributed by atoms with Crippen LogP contribution in [0.3, 0.4) is 0 Å². The monoisotopic (exact) mass is 446 g/mol. The summed E-state index contributed by atoms with van der Waals surface area (Å²) >= 11 is 5.92. The third-order valence-corrected chi connectivity index (χ3v) is 5.21. The minimum Gasteiger partial charge on any atom is -0.365 e. The average molecular weight is 447 g/mol. The van der Waals surface area contributed by atoms with Gasteiger partial charge in [-0.15, -0.1) is 0 Å². The zero-order chi connectivity index (χ0) is 22.9. The molecule has 1 aliphatic rings. The molecule has 31 heavy (non-hydrogen) atoms. The van der Waals surface area contributed by atoms with Crippen LogP contribution in [-0.2, 0) is 6.54 Å². The maximum absolute atomic E-state index is 13.6. The van der Waals surface area contributed by atoms with Gasteiger partial charge in [-0.1, -0.05) is 11.6 Å². The van der Waals surface area contributed by atoms with Gasteiger partial charge in [0.15, 0.2) is 0 Å². The number of nitrogens with two attached hydrogens (primary N) is 1. The van der Waals surface area contributed by atoms with Gasteiger partial charge in [0.25, 0.3) is 5.91 Å². The molecule has 0 fully saturated rings. The quantitative estimate of drug-likeness (QED) is 0.745. The Morgan fingerprint density at radius 2 is 2.13 bits per heavy atom. The minimum atomic E-state index is -0.714. The minimum absolute atomic E-state index is 0.105. The summed E-state index contributed by atoms with van der Waals surface area (Å²) in [7, 11) is 0. The van der Waals surface area contributed by atoms with Crippen LogP contribution in [0, 0.1) is 17.1 Å². The highest BCUT2D eigenvalue weighted by Gasteiger charge is 2.35. The number of hydrogen-bond donors (Lipinski definition) is 2. The highest BCUT2D eigenvalue weighted by molar-refractivity contribution is 6.31. The summed E-state index contributed by atoms with van der Waals surface area (Å²) in [5, 5.41) is 16.4. The number of primary amides is 1. The molecule has 0 bridgehead atoms. The van der Waals surface area contributed by atoms with Crippen molar-refractivity contribution < 1.29 is 14.0 Å². The zero-order valence-electron chi connectivity index (χ0n) is 17.6. The van der Waals surface area contributed by atoms with Gasteiger partial charge in [-0.2, -0.15) is 10.4 Å². The Bertz CT molecular complexity index is 1070. The van der Waals surface area contributed by atoms with Gasteiger partial charge < -0.3 is 16.0 Å². The Labute approximate surface area is 184 Å². The number of hydrogen-bond acceptors (Lipinski definition) is 4. The van der Waals surface area contributed by atoms with Gasteiger partial charge in [0.2, 0.25) is 0 Å². The number of amides is 3. The first-order valence-corrected chi connectivity index (χ1v) is 10.2. The van der Waals surface area contributed by atoms with E-state index in [1.807, 2.05) is 20.8 Å². The first-order valence-electron chi connectivity index (χ1n) is 9.82. The second kappa shape index (κ2) is 8.55. The van der Waals surface area contributed by atoms with E-state index >= 15 is 0 Å². The normalized spacial score (nSPS) is 15.9. The Balaban J connectivity index is 2.10. The number of aromatic nitrogens is 2. The van der Waals surface area contributed by atoms with Gasteiger partial charge in [-0.05, 0) is 45.4 Å². The Morgan fingerprint density at radius 3 is 2.71 bits per heavy atom. The number of halogens is 2. The number of carbonyl (C=O) groups is 2. The number of nitrogens with zero attached hydrogens (tertiary/aromatic N) is 4. The maximum Gasteiger partial charge on any atom is 0.318 e. The third-order valence-electron chi connectivity index (χ3n) is 4.93. The van der Waals surface area contributed by atoms with Crippen LogP contribution in [0.5, 0.6) is 0 Å². The Morgan fingerprint density at radius 1 is 1.42 bits per heavy atom. The Kier molecular flexibility index (Phi) is 6.23. The van der Waals surface area contributed by atoms with E-state index in [1.165, 1.54) is 18.2 Å². The van der Waals surface area contributed by atoms with E-state index in [2.05, 4.69) is 16.5 Å². The van der Waals surface area contributed by atoms with Crippen molar-refractivity contribution in [3.63, 3.8) is 0 Å². The molecule has 0 saturated carbocycles. The largest absolute Gasteiger partial charge is 0.365 e. The van der Waals surface area contributed by atoms with Crippen molar-refractivity contribution in [1.82, 2.24) is 20.0 Å². The van der Waals surface area contributed by atoms with Gasteiger partial charge >= 0.3 is 6.03 Å².